The maximum absolute atomic E-state index is 13.0. The number of nitrogens with one attached hydrogen (secondary N) is 2. The number of thiophene rings is 1. The van der Waals surface area contributed by atoms with Gasteiger partial charge in [0.1, 0.15) is 16.8 Å². The van der Waals surface area contributed by atoms with Crippen LogP contribution in [0.1, 0.15) is 40.9 Å². The maximum atomic E-state index is 13.0. The first-order chi connectivity index (χ1) is 13.6. The third-order valence-corrected chi connectivity index (χ3v) is 6.21. The molecule has 1 aromatic heterocycles. The number of nitrogens with zero attached hydrogens (tertiary/aromatic N) is 1. The van der Waals surface area contributed by atoms with E-state index in [9.17, 15) is 9.18 Å². The van der Waals surface area contributed by atoms with Gasteiger partial charge >= 0.3 is 0 Å². The van der Waals surface area contributed by atoms with Gasteiger partial charge in [0.2, 0.25) is 0 Å². The van der Waals surface area contributed by atoms with E-state index in [0.717, 1.165) is 46.3 Å². The number of amides is 1. The highest BCUT2D eigenvalue weighted by Gasteiger charge is 2.23. The van der Waals surface area contributed by atoms with Gasteiger partial charge in [0.25, 0.3) is 5.91 Å². The first-order valence-electron chi connectivity index (χ1n) is 9.38. The van der Waals surface area contributed by atoms with Crippen molar-refractivity contribution in [3.63, 3.8) is 0 Å². The number of anilines is 1. The summed E-state index contributed by atoms with van der Waals surface area (Å²) in [5.41, 5.74) is 1.55. The maximum Gasteiger partial charge on any atom is 0.251 e. The monoisotopic (exact) mass is 461 g/mol. The molecule has 0 radical (unpaired) electrons. The molecule has 0 bridgehead atoms. The van der Waals surface area contributed by atoms with Crippen molar-refractivity contribution in [2.24, 2.45) is 0 Å². The molecule has 0 saturated heterocycles. The molecule has 4 nitrogen and oxygen atoms in total. The molecule has 2 N–H and O–H groups in total. The van der Waals surface area contributed by atoms with E-state index in [1.165, 1.54) is 35.6 Å². The molecule has 0 unspecified atom stereocenters. The van der Waals surface area contributed by atoms with Gasteiger partial charge < -0.3 is 10.6 Å². The quantitative estimate of drug-likeness (QED) is 0.555. The van der Waals surface area contributed by atoms with Gasteiger partial charge in [0, 0.05) is 33.4 Å². The van der Waals surface area contributed by atoms with Crippen molar-refractivity contribution >= 4 is 60.0 Å². The van der Waals surface area contributed by atoms with E-state index in [4.69, 9.17) is 5.26 Å². The van der Waals surface area contributed by atoms with Crippen molar-refractivity contribution in [1.82, 2.24) is 5.32 Å². The Morgan fingerprint density at radius 1 is 1.03 bits per heavy atom. The summed E-state index contributed by atoms with van der Waals surface area (Å²) in [7, 11) is 0. The second-order valence-electron chi connectivity index (χ2n) is 7.11. The number of fused-ring (bicyclic) bond motifs is 1. The fourth-order valence-corrected chi connectivity index (χ4v) is 4.60. The van der Waals surface area contributed by atoms with Crippen LogP contribution in [0.15, 0.2) is 48.5 Å². The Hall–Kier alpha value is -2.21. The third-order valence-electron chi connectivity index (χ3n) is 5.20. The molecule has 0 spiro atoms. The number of benzene rings is 2. The zero-order chi connectivity index (χ0) is 19.5. The topological polar surface area (TPSA) is 64.9 Å². The summed E-state index contributed by atoms with van der Waals surface area (Å²) < 4.78 is 14.1. The van der Waals surface area contributed by atoms with E-state index in [0.29, 0.717) is 11.6 Å². The number of hydrogen-bond acceptors (Lipinski definition) is 4. The minimum Gasteiger partial charge on any atom is -0.382 e. The van der Waals surface area contributed by atoms with Crippen molar-refractivity contribution in [2.75, 3.05) is 5.32 Å². The van der Waals surface area contributed by atoms with E-state index in [2.05, 4.69) is 22.8 Å². The van der Waals surface area contributed by atoms with Crippen LogP contribution in [-0.4, -0.2) is 18.0 Å². The van der Waals surface area contributed by atoms with E-state index in [1.54, 1.807) is 0 Å². The average molecular weight is 462 g/mol. The molecule has 8 heteroatoms. The number of rotatable bonds is 4. The zero-order valence-electron chi connectivity index (χ0n) is 16.2. The Balaban J connectivity index is 0.00000160. The minimum atomic E-state index is -0.342. The van der Waals surface area contributed by atoms with Crippen LogP contribution in [0.5, 0.6) is 0 Å². The fourth-order valence-electron chi connectivity index (χ4n) is 3.71. The summed E-state index contributed by atoms with van der Waals surface area (Å²) in [5.74, 6) is -0.492. The minimum absolute atomic E-state index is 0. The summed E-state index contributed by atoms with van der Waals surface area (Å²) in [6, 6.07) is 16.4. The molecule has 158 valence electrons. The number of hydrogen-bond donors (Lipinski definition) is 2. The van der Waals surface area contributed by atoms with Crippen LogP contribution in [0.3, 0.4) is 0 Å². The van der Waals surface area contributed by atoms with Gasteiger partial charge in [0.05, 0.1) is 0 Å². The Morgan fingerprint density at radius 3 is 2.37 bits per heavy atom. The number of nitriles is 1. The van der Waals surface area contributed by atoms with Gasteiger partial charge in [-0.2, -0.15) is 32.3 Å². The molecule has 4 rings (SSSR count). The Bertz CT molecular complexity index is 1040. The Morgan fingerprint density at radius 2 is 1.70 bits per heavy atom. The first-order valence-corrected chi connectivity index (χ1v) is 10.2. The van der Waals surface area contributed by atoms with Crippen molar-refractivity contribution in [3.05, 3.63) is 64.8 Å². The third kappa shape index (κ3) is 5.48. The lowest BCUT2D eigenvalue weighted by atomic mass is 9.90. The van der Waals surface area contributed by atoms with E-state index in [1.807, 2.05) is 18.2 Å². The van der Waals surface area contributed by atoms with Gasteiger partial charge in [-0.05, 0) is 68.1 Å². The second-order valence-corrected chi connectivity index (χ2v) is 8.20. The van der Waals surface area contributed by atoms with Crippen LogP contribution in [0.2, 0.25) is 0 Å². The van der Waals surface area contributed by atoms with Crippen LogP contribution in [-0.2, 0) is 0 Å². The standard InChI is InChI=1S/C22H20FN3OS.2H2S/c23-15-6-4-14(5-7-15)22(27)26-17-10-8-16(9-11-17)25-20-2-1-3-21-19(20)12-18(13-24)28-21;;/h1-7,12,16-17,25H,8-11H2,(H,26,27);2*1H2. The van der Waals surface area contributed by atoms with Gasteiger partial charge in [0.15, 0.2) is 0 Å². The molecule has 0 aliphatic heterocycles. The fraction of sp³-hybridized carbons (Fsp3) is 0.273. The van der Waals surface area contributed by atoms with Gasteiger partial charge in [-0.1, -0.05) is 6.07 Å². The SMILES string of the molecule is N#Cc1cc2c(NC3CCC(NC(=O)c4ccc(F)cc4)CC3)cccc2s1.S.S. The van der Waals surface area contributed by atoms with Crippen LogP contribution >= 0.6 is 38.3 Å². The van der Waals surface area contributed by atoms with Gasteiger partial charge in [-0.25, -0.2) is 4.39 Å². The van der Waals surface area contributed by atoms with Crippen molar-refractivity contribution in [3.8, 4) is 6.07 Å². The van der Waals surface area contributed by atoms with Crippen LogP contribution < -0.4 is 10.6 Å². The largest absolute Gasteiger partial charge is 0.382 e. The molecule has 0 atom stereocenters. The zero-order valence-corrected chi connectivity index (χ0v) is 19.1. The summed E-state index contributed by atoms with van der Waals surface area (Å²) >= 11 is 1.51. The van der Waals surface area contributed by atoms with Gasteiger partial charge in [-0.15, -0.1) is 11.3 Å². The number of carbonyl (C=O) groups is 1. The summed E-state index contributed by atoms with van der Waals surface area (Å²) in [4.78, 5) is 13.0. The highest BCUT2D eigenvalue weighted by molar-refractivity contribution is 7.59. The Kier molecular flexibility index (Phi) is 8.59. The smallest absolute Gasteiger partial charge is 0.251 e. The average Bonchev–Trinajstić information content (AvgIpc) is 3.14. The van der Waals surface area contributed by atoms with Crippen LogP contribution in [0, 0.1) is 17.1 Å². The predicted octanol–water partition coefficient (Wildman–Crippen LogP) is 5.29. The molecule has 1 saturated carbocycles. The lowest BCUT2D eigenvalue weighted by Crippen LogP contribution is -2.40. The molecule has 1 aliphatic carbocycles. The highest BCUT2D eigenvalue weighted by Crippen LogP contribution is 2.32. The van der Waals surface area contributed by atoms with Gasteiger partial charge in [-0.3, -0.25) is 4.79 Å². The molecule has 2 aromatic carbocycles. The number of carbonyl (C=O) groups excluding carboxylic acids is 1. The van der Waals surface area contributed by atoms with E-state index >= 15 is 0 Å². The van der Waals surface area contributed by atoms with Crippen LogP contribution in [0.25, 0.3) is 10.1 Å². The highest BCUT2D eigenvalue weighted by atomic mass is 32.1. The first kappa shape index (κ1) is 24.1. The van der Waals surface area contributed by atoms with Crippen molar-refractivity contribution < 1.29 is 9.18 Å². The predicted molar refractivity (Wildman–Crippen MR) is 131 cm³/mol. The lowest BCUT2D eigenvalue weighted by Gasteiger charge is -2.30. The molecule has 1 amide bonds. The molecule has 1 aliphatic rings. The van der Waals surface area contributed by atoms with Crippen molar-refractivity contribution in [1.29, 1.82) is 5.26 Å². The van der Waals surface area contributed by atoms with Crippen molar-refractivity contribution in [2.45, 2.75) is 37.8 Å². The summed E-state index contributed by atoms with van der Waals surface area (Å²) in [6.45, 7) is 0. The molecule has 3 aromatic rings. The summed E-state index contributed by atoms with van der Waals surface area (Å²) in [6.07, 6.45) is 3.71. The lowest BCUT2D eigenvalue weighted by molar-refractivity contribution is 0.0926. The second kappa shape index (κ2) is 10.7. The van der Waals surface area contributed by atoms with E-state index in [-0.39, 0.29) is 44.8 Å². The molecular weight excluding hydrogens is 437 g/mol. The molecule has 1 fully saturated rings. The Labute approximate surface area is 193 Å². The van der Waals surface area contributed by atoms with E-state index < -0.39 is 0 Å². The number of halogens is 1. The normalized spacial score (nSPS) is 17.9. The van der Waals surface area contributed by atoms with Crippen LogP contribution in [0.4, 0.5) is 10.1 Å². The molecular formula is C22H24FN3OS3. The summed E-state index contributed by atoms with van der Waals surface area (Å²) in [5, 5.41) is 16.9. The molecule has 30 heavy (non-hydrogen) atoms. The molecule has 1 heterocycles.